The molecule has 0 unspecified atom stereocenters. The number of halogens is 2. The average Bonchev–Trinajstić information content (AvgIpc) is 2.63. The van der Waals surface area contributed by atoms with E-state index in [1.807, 2.05) is 0 Å². The molecule has 0 amide bonds. The molecule has 150 valence electrons. The van der Waals surface area contributed by atoms with E-state index in [-0.39, 0.29) is 29.9 Å². The van der Waals surface area contributed by atoms with Crippen LogP contribution in [0.2, 0.25) is 0 Å². The monoisotopic (exact) mass is 382 g/mol. The van der Waals surface area contributed by atoms with Gasteiger partial charge < -0.3 is 15.1 Å². The molecule has 1 aliphatic heterocycles. The van der Waals surface area contributed by atoms with E-state index in [9.17, 15) is 18.7 Å². The highest BCUT2D eigenvalue weighted by molar-refractivity contribution is 5.67. The smallest absolute Gasteiger partial charge is 0.327 e. The molecule has 0 bridgehead atoms. The fraction of sp³-hybridized carbons (Fsp3) is 0.650. The van der Waals surface area contributed by atoms with Crippen molar-refractivity contribution in [2.45, 2.75) is 57.6 Å². The second-order valence-electron chi connectivity index (χ2n) is 8.15. The van der Waals surface area contributed by atoms with Gasteiger partial charge in [0.15, 0.2) is 0 Å². The predicted molar refractivity (Wildman–Crippen MR) is 98.5 cm³/mol. The number of carboxylic acids is 1. The van der Waals surface area contributed by atoms with Gasteiger partial charge in [-0.1, -0.05) is 12.1 Å². The molecule has 0 aromatic heterocycles. The van der Waals surface area contributed by atoms with Gasteiger partial charge in [0.1, 0.15) is 0 Å². The van der Waals surface area contributed by atoms with E-state index in [4.69, 9.17) is 10.8 Å². The molecule has 0 radical (unpaired) electrons. The Kier molecular flexibility index (Phi) is 5.72. The van der Waals surface area contributed by atoms with Gasteiger partial charge in [-0.05, 0) is 55.9 Å². The number of hydrogen-bond acceptors (Lipinski definition) is 4. The molecule has 4 N–H and O–H groups in total. The number of carbonyl (C=O) groups is 1. The van der Waals surface area contributed by atoms with Gasteiger partial charge in [-0.2, -0.15) is 8.78 Å². The van der Waals surface area contributed by atoms with Gasteiger partial charge >= 0.3 is 12.0 Å². The normalized spacial score (nSPS) is 20.8. The molecule has 27 heavy (non-hydrogen) atoms. The number of aliphatic hydroxyl groups excluding tert-OH is 1. The van der Waals surface area contributed by atoms with Crippen LogP contribution in [0, 0.1) is 11.3 Å². The van der Waals surface area contributed by atoms with Gasteiger partial charge in [-0.3, -0.25) is 10.5 Å². The highest BCUT2D eigenvalue weighted by Gasteiger charge is 2.39. The van der Waals surface area contributed by atoms with Crippen molar-refractivity contribution >= 4 is 11.7 Å². The highest BCUT2D eigenvalue weighted by Crippen LogP contribution is 2.47. The summed E-state index contributed by atoms with van der Waals surface area (Å²) in [6.07, 6.45) is 6.13. The highest BCUT2D eigenvalue weighted by atomic mass is 19.3. The lowest BCUT2D eigenvalue weighted by atomic mass is 9.65. The van der Waals surface area contributed by atoms with E-state index >= 15 is 0 Å². The van der Waals surface area contributed by atoms with Crippen LogP contribution in [0.3, 0.4) is 0 Å². The minimum atomic E-state index is -3.40. The largest absolute Gasteiger partial charge is 0.481 e. The molecule has 1 heterocycles. The van der Waals surface area contributed by atoms with Crippen LogP contribution < -0.4 is 10.6 Å². The van der Waals surface area contributed by atoms with Crippen molar-refractivity contribution in [1.29, 1.82) is 0 Å². The number of hydrogen-bond donors (Lipinski definition) is 3. The van der Waals surface area contributed by atoms with Gasteiger partial charge in [0.2, 0.25) is 0 Å². The van der Waals surface area contributed by atoms with Crippen LogP contribution in [0.4, 0.5) is 14.5 Å². The summed E-state index contributed by atoms with van der Waals surface area (Å²) in [7, 11) is 0. The van der Waals surface area contributed by atoms with E-state index in [0.29, 0.717) is 11.3 Å². The van der Waals surface area contributed by atoms with E-state index in [2.05, 4.69) is 4.90 Å². The summed E-state index contributed by atoms with van der Waals surface area (Å²) in [6, 6.07) is 0.784. The van der Waals surface area contributed by atoms with Crippen molar-refractivity contribution < 1.29 is 23.8 Å². The number of piperidine rings is 1. The zero-order valence-electron chi connectivity index (χ0n) is 15.5. The Labute approximate surface area is 158 Å². The molecule has 0 atom stereocenters. The van der Waals surface area contributed by atoms with E-state index in [0.717, 1.165) is 51.6 Å². The van der Waals surface area contributed by atoms with E-state index in [1.165, 1.54) is 18.2 Å². The van der Waals surface area contributed by atoms with E-state index < -0.39 is 12.0 Å². The van der Waals surface area contributed by atoms with Crippen LogP contribution >= 0.6 is 0 Å². The molecule has 2 aliphatic rings. The number of rotatable bonds is 5. The van der Waals surface area contributed by atoms with Crippen molar-refractivity contribution in [1.82, 2.24) is 0 Å². The lowest BCUT2D eigenvalue weighted by Crippen LogP contribution is -2.42. The zero-order chi connectivity index (χ0) is 19.7. The van der Waals surface area contributed by atoms with Gasteiger partial charge in [-0.15, -0.1) is 0 Å². The molecule has 1 saturated heterocycles. The Morgan fingerprint density at radius 2 is 1.85 bits per heavy atom. The van der Waals surface area contributed by atoms with Crippen molar-refractivity contribution in [3.8, 4) is 0 Å². The number of anilines is 1. The first kappa shape index (κ1) is 20.0. The van der Waals surface area contributed by atoms with Crippen LogP contribution in [0.25, 0.3) is 0 Å². The average molecular weight is 382 g/mol. The number of nitrogens with two attached hydrogens (primary N) is 1. The standard InChI is InChI=1S/C20H28F2N2O3/c21-20(22,23)16-2-1-15(13-25)17(12-16)24-9-7-19(8-10-24)5-3-14(4-6-19)11-18(26)27/h1-2,12,14,25H,3-11,13,23H2,(H,26,27). The number of nitrogens with zero attached hydrogens (tertiary/aromatic N) is 1. The topological polar surface area (TPSA) is 86.8 Å². The SMILES string of the molecule is NC(F)(F)c1ccc(CO)c(N2CCC3(CCC(CC(=O)O)CC3)CC2)c1. The van der Waals surface area contributed by atoms with Crippen molar-refractivity contribution in [3.05, 3.63) is 29.3 Å². The summed E-state index contributed by atoms with van der Waals surface area (Å²) < 4.78 is 27.0. The summed E-state index contributed by atoms with van der Waals surface area (Å²) in [5.74, 6) is -0.450. The zero-order valence-corrected chi connectivity index (χ0v) is 15.5. The maximum atomic E-state index is 13.5. The molecular weight excluding hydrogens is 354 g/mol. The Morgan fingerprint density at radius 3 is 2.37 bits per heavy atom. The molecule has 1 saturated carbocycles. The predicted octanol–water partition coefficient (Wildman–Crippen LogP) is 3.44. The third kappa shape index (κ3) is 4.58. The maximum absolute atomic E-state index is 13.5. The molecule has 3 rings (SSSR count). The second-order valence-corrected chi connectivity index (χ2v) is 8.15. The Hall–Kier alpha value is -1.73. The molecular formula is C20H28F2N2O3. The quantitative estimate of drug-likeness (QED) is 0.679. The van der Waals surface area contributed by atoms with Gasteiger partial charge in [0, 0.05) is 36.3 Å². The molecule has 7 heteroatoms. The van der Waals surface area contributed by atoms with Crippen molar-refractivity contribution in [2.75, 3.05) is 18.0 Å². The number of benzene rings is 1. The van der Waals surface area contributed by atoms with Crippen LogP contribution in [0.5, 0.6) is 0 Å². The summed E-state index contributed by atoms with van der Waals surface area (Å²) in [5, 5.41) is 18.6. The third-order valence-corrected chi connectivity index (χ3v) is 6.43. The first-order chi connectivity index (χ1) is 12.7. The number of aliphatic carboxylic acids is 1. The van der Waals surface area contributed by atoms with Crippen molar-refractivity contribution in [3.63, 3.8) is 0 Å². The molecule has 1 aromatic rings. The van der Waals surface area contributed by atoms with Crippen LogP contribution in [0.1, 0.15) is 56.1 Å². The first-order valence-electron chi connectivity index (χ1n) is 9.60. The lowest BCUT2D eigenvalue weighted by Gasteiger charge is -2.47. The van der Waals surface area contributed by atoms with Gasteiger partial charge in [0.05, 0.1) is 6.61 Å². The molecule has 1 spiro atoms. The number of carboxylic acid groups (broad SMARTS) is 1. The second kappa shape index (κ2) is 7.72. The van der Waals surface area contributed by atoms with Crippen LogP contribution in [-0.4, -0.2) is 29.3 Å². The fourth-order valence-corrected chi connectivity index (χ4v) is 4.66. The van der Waals surface area contributed by atoms with Gasteiger partial charge in [0.25, 0.3) is 0 Å². The van der Waals surface area contributed by atoms with Crippen LogP contribution in [0.15, 0.2) is 18.2 Å². The summed E-state index contributed by atoms with van der Waals surface area (Å²) in [5.41, 5.74) is 6.20. The Morgan fingerprint density at radius 1 is 1.22 bits per heavy atom. The summed E-state index contributed by atoms with van der Waals surface area (Å²) >= 11 is 0. The summed E-state index contributed by atoms with van der Waals surface area (Å²) in [6.45, 7) is 1.29. The minimum Gasteiger partial charge on any atom is -0.481 e. The lowest BCUT2D eigenvalue weighted by molar-refractivity contribution is -0.138. The minimum absolute atomic E-state index is 0.204. The Balaban J connectivity index is 1.67. The molecule has 1 aromatic carbocycles. The summed E-state index contributed by atoms with van der Waals surface area (Å²) in [4.78, 5) is 13.0. The third-order valence-electron chi connectivity index (χ3n) is 6.43. The maximum Gasteiger partial charge on any atom is 0.327 e. The fourth-order valence-electron chi connectivity index (χ4n) is 4.66. The molecule has 5 nitrogen and oxygen atoms in total. The number of aliphatic hydroxyl groups is 1. The molecule has 1 aliphatic carbocycles. The number of alkyl halides is 2. The van der Waals surface area contributed by atoms with Crippen molar-refractivity contribution in [2.24, 2.45) is 17.1 Å². The van der Waals surface area contributed by atoms with E-state index in [1.54, 1.807) is 0 Å². The molecule has 2 fully saturated rings. The Bertz CT molecular complexity index is 672. The van der Waals surface area contributed by atoms with Gasteiger partial charge in [-0.25, -0.2) is 0 Å². The van der Waals surface area contributed by atoms with Crippen LogP contribution in [-0.2, 0) is 17.4 Å². The first-order valence-corrected chi connectivity index (χ1v) is 9.60.